The van der Waals surface area contributed by atoms with Crippen molar-refractivity contribution >= 4 is 22.7 Å². The molecule has 0 bridgehead atoms. The number of fused-ring (bicyclic) bond motifs is 3. The number of aryl methyl sites for hydroxylation is 2. The molecule has 1 aliphatic heterocycles. The summed E-state index contributed by atoms with van der Waals surface area (Å²) in [5.74, 6) is 1.62. The number of hydrogen-bond donors (Lipinski definition) is 1. The first-order valence-corrected chi connectivity index (χ1v) is 12.7. The van der Waals surface area contributed by atoms with Gasteiger partial charge in [-0.05, 0) is 94.1 Å². The average molecular weight is 454 g/mol. The number of nitrogens with zero attached hydrogens (tertiary/aromatic N) is 2. The molecule has 4 rings (SSSR count). The molecule has 6 heteroatoms. The van der Waals surface area contributed by atoms with Gasteiger partial charge < -0.3 is 19.7 Å². The van der Waals surface area contributed by atoms with Crippen molar-refractivity contribution in [2.24, 2.45) is 5.92 Å². The van der Waals surface area contributed by atoms with Crippen LogP contribution in [0.2, 0.25) is 0 Å². The first kappa shape index (κ1) is 23.8. The lowest BCUT2D eigenvalue weighted by molar-refractivity contribution is -0.145. The van der Waals surface area contributed by atoms with Crippen LogP contribution >= 0.6 is 0 Å². The van der Waals surface area contributed by atoms with E-state index in [0.717, 1.165) is 61.5 Å². The van der Waals surface area contributed by atoms with Crippen LogP contribution in [-0.4, -0.2) is 54.7 Å². The van der Waals surface area contributed by atoms with Crippen LogP contribution in [0.4, 0.5) is 5.82 Å². The molecule has 0 amide bonds. The highest BCUT2D eigenvalue weighted by Crippen LogP contribution is 2.37. The Morgan fingerprint density at radius 2 is 1.91 bits per heavy atom. The number of carbonyl (C=O) groups is 1. The van der Waals surface area contributed by atoms with E-state index in [9.17, 15) is 4.79 Å². The highest BCUT2D eigenvalue weighted by molar-refractivity contribution is 5.89. The van der Waals surface area contributed by atoms with E-state index in [0.29, 0.717) is 6.61 Å². The summed E-state index contributed by atoms with van der Waals surface area (Å²) in [6.07, 6.45) is 6.84. The Bertz CT molecular complexity index is 982. The van der Waals surface area contributed by atoms with Crippen molar-refractivity contribution in [2.45, 2.75) is 72.3 Å². The molecule has 0 radical (unpaired) electrons. The van der Waals surface area contributed by atoms with Crippen LogP contribution < -0.4 is 10.1 Å². The van der Waals surface area contributed by atoms with E-state index in [4.69, 9.17) is 14.5 Å². The number of anilines is 1. The lowest BCUT2D eigenvalue weighted by atomic mass is 10.0. The van der Waals surface area contributed by atoms with Gasteiger partial charge in [0.25, 0.3) is 0 Å². The Hall–Kier alpha value is -2.34. The molecule has 0 spiro atoms. The molecule has 180 valence electrons. The molecule has 2 aliphatic rings. The SMILES string of the molecule is CCOC(=O)C(Nc1nc2cc(OCCCN3CCCC3)c(C)cc2c2c1CCC2)C(C)C. The van der Waals surface area contributed by atoms with Crippen molar-refractivity contribution in [3.05, 3.63) is 28.8 Å². The van der Waals surface area contributed by atoms with E-state index in [-0.39, 0.29) is 11.9 Å². The number of likely N-dealkylation sites (tertiary alicyclic amines) is 1. The smallest absolute Gasteiger partial charge is 0.328 e. The van der Waals surface area contributed by atoms with E-state index < -0.39 is 6.04 Å². The number of pyridine rings is 1. The molecule has 1 fully saturated rings. The van der Waals surface area contributed by atoms with Crippen molar-refractivity contribution in [2.75, 3.05) is 38.2 Å². The number of hydrogen-bond acceptors (Lipinski definition) is 6. The highest BCUT2D eigenvalue weighted by atomic mass is 16.5. The summed E-state index contributed by atoms with van der Waals surface area (Å²) in [6.45, 7) is 12.7. The van der Waals surface area contributed by atoms with Crippen LogP contribution in [0.25, 0.3) is 10.9 Å². The summed E-state index contributed by atoms with van der Waals surface area (Å²) in [6, 6.07) is 3.91. The molecular formula is C27H39N3O3. The summed E-state index contributed by atoms with van der Waals surface area (Å²) in [5.41, 5.74) is 4.70. The van der Waals surface area contributed by atoms with Gasteiger partial charge in [-0.2, -0.15) is 0 Å². The molecule has 1 aliphatic carbocycles. The number of benzene rings is 1. The molecular weight excluding hydrogens is 414 g/mol. The van der Waals surface area contributed by atoms with Gasteiger partial charge in [-0.25, -0.2) is 9.78 Å². The van der Waals surface area contributed by atoms with Gasteiger partial charge in [-0.15, -0.1) is 0 Å². The third-order valence-corrected chi connectivity index (χ3v) is 6.93. The first-order valence-electron chi connectivity index (χ1n) is 12.7. The van der Waals surface area contributed by atoms with Gasteiger partial charge in [0.2, 0.25) is 0 Å². The Kier molecular flexibility index (Phi) is 7.74. The minimum atomic E-state index is -0.411. The first-order chi connectivity index (χ1) is 16.0. The topological polar surface area (TPSA) is 63.7 Å². The minimum Gasteiger partial charge on any atom is -0.493 e. The Morgan fingerprint density at radius 1 is 1.15 bits per heavy atom. The van der Waals surface area contributed by atoms with Crippen LogP contribution in [0.15, 0.2) is 12.1 Å². The number of rotatable bonds is 10. The van der Waals surface area contributed by atoms with Crippen molar-refractivity contribution in [3.63, 3.8) is 0 Å². The van der Waals surface area contributed by atoms with Gasteiger partial charge in [0.1, 0.15) is 17.6 Å². The van der Waals surface area contributed by atoms with Gasteiger partial charge in [-0.1, -0.05) is 13.8 Å². The van der Waals surface area contributed by atoms with E-state index in [2.05, 4.69) is 29.3 Å². The Balaban J connectivity index is 1.56. The molecule has 1 aromatic heterocycles. The molecule has 1 aromatic carbocycles. The maximum atomic E-state index is 12.6. The zero-order valence-electron chi connectivity index (χ0n) is 20.7. The fraction of sp³-hybridized carbons (Fsp3) is 0.630. The van der Waals surface area contributed by atoms with Crippen molar-refractivity contribution in [1.29, 1.82) is 0 Å². The monoisotopic (exact) mass is 453 g/mol. The predicted octanol–water partition coefficient (Wildman–Crippen LogP) is 4.90. The normalized spacial score (nSPS) is 16.9. The predicted molar refractivity (Wildman–Crippen MR) is 133 cm³/mol. The van der Waals surface area contributed by atoms with Crippen molar-refractivity contribution < 1.29 is 14.3 Å². The summed E-state index contributed by atoms with van der Waals surface area (Å²) in [5, 5.41) is 4.66. The Labute approximate surface area is 198 Å². The van der Waals surface area contributed by atoms with Gasteiger partial charge in [-0.3, -0.25) is 0 Å². The quantitative estimate of drug-likeness (QED) is 0.408. The zero-order valence-corrected chi connectivity index (χ0v) is 20.7. The van der Waals surface area contributed by atoms with Gasteiger partial charge in [0.05, 0.1) is 18.7 Å². The second-order valence-corrected chi connectivity index (χ2v) is 9.77. The molecule has 1 unspecified atom stereocenters. The standard InChI is InChI=1S/C27H39N3O3/c1-5-32-27(31)25(18(2)3)29-26-21-11-8-10-20(21)22-16-19(4)24(17-23(22)28-26)33-15-9-14-30-12-6-7-13-30/h16-18,25H,5-15H2,1-4H3,(H,28,29). The van der Waals surface area contributed by atoms with Crippen LogP contribution in [0, 0.1) is 12.8 Å². The molecule has 2 aromatic rings. The molecule has 1 atom stereocenters. The van der Waals surface area contributed by atoms with Crippen LogP contribution in [0.1, 0.15) is 63.1 Å². The number of esters is 1. The molecule has 33 heavy (non-hydrogen) atoms. The number of nitrogens with one attached hydrogen (secondary N) is 1. The Morgan fingerprint density at radius 3 is 2.64 bits per heavy atom. The molecule has 1 N–H and O–H groups in total. The van der Waals surface area contributed by atoms with Crippen molar-refractivity contribution in [1.82, 2.24) is 9.88 Å². The minimum absolute atomic E-state index is 0.103. The number of ether oxygens (including phenoxy) is 2. The maximum Gasteiger partial charge on any atom is 0.328 e. The lowest BCUT2D eigenvalue weighted by Gasteiger charge is -2.23. The zero-order chi connectivity index (χ0) is 23.4. The number of carbonyl (C=O) groups excluding carboxylic acids is 1. The van der Waals surface area contributed by atoms with Gasteiger partial charge >= 0.3 is 5.97 Å². The summed E-state index contributed by atoms with van der Waals surface area (Å²) < 4.78 is 11.5. The second-order valence-electron chi connectivity index (χ2n) is 9.77. The maximum absolute atomic E-state index is 12.6. The summed E-state index contributed by atoms with van der Waals surface area (Å²) in [7, 11) is 0. The van der Waals surface area contributed by atoms with E-state index in [1.807, 2.05) is 20.8 Å². The lowest BCUT2D eigenvalue weighted by Crippen LogP contribution is -2.36. The molecule has 6 nitrogen and oxygen atoms in total. The van der Waals surface area contributed by atoms with E-state index >= 15 is 0 Å². The fourth-order valence-corrected chi connectivity index (χ4v) is 5.13. The summed E-state index contributed by atoms with van der Waals surface area (Å²) >= 11 is 0. The second kappa shape index (κ2) is 10.7. The summed E-state index contributed by atoms with van der Waals surface area (Å²) in [4.78, 5) is 20.1. The van der Waals surface area contributed by atoms with Crippen LogP contribution in [0.3, 0.4) is 0 Å². The third kappa shape index (κ3) is 5.43. The molecule has 1 saturated heterocycles. The average Bonchev–Trinajstić information content (AvgIpc) is 3.48. The van der Waals surface area contributed by atoms with Crippen LogP contribution in [-0.2, 0) is 22.4 Å². The molecule has 0 saturated carbocycles. The van der Waals surface area contributed by atoms with Crippen molar-refractivity contribution in [3.8, 4) is 5.75 Å². The number of aromatic nitrogens is 1. The molecule has 2 heterocycles. The largest absolute Gasteiger partial charge is 0.493 e. The van der Waals surface area contributed by atoms with E-state index in [1.165, 1.54) is 42.4 Å². The van der Waals surface area contributed by atoms with Crippen LogP contribution in [0.5, 0.6) is 5.75 Å². The van der Waals surface area contributed by atoms with E-state index in [1.54, 1.807) is 0 Å². The van der Waals surface area contributed by atoms with Gasteiger partial charge in [0.15, 0.2) is 0 Å². The van der Waals surface area contributed by atoms with Gasteiger partial charge in [0, 0.05) is 18.0 Å². The third-order valence-electron chi connectivity index (χ3n) is 6.93. The fourth-order valence-electron chi connectivity index (χ4n) is 5.13. The highest BCUT2D eigenvalue weighted by Gasteiger charge is 2.27.